The summed E-state index contributed by atoms with van der Waals surface area (Å²) >= 11 is 13.1. The van der Waals surface area contributed by atoms with Crippen molar-refractivity contribution in [2.75, 3.05) is 0 Å². The van der Waals surface area contributed by atoms with E-state index in [2.05, 4.69) is 15.5 Å². The lowest BCUT2D eigenvalue weighted by Gasteiger charge is -2.20. The minimum Gasteiger partial charge on any atom is -0.348 e. The molecule has 130 valence electrons. The second-order valence-corrected chi connectivity index (χ2v) is 7.37. The number of halogens is 1. The van der Waals surface area contributed by atoms with E-state index in [9.17, 15) is 4.79 Å². The van der Waals surface area contributed by atoms with Crippen LogP contribution in [0.5, 0.6) is 0 Å². The fraction of sp³-hybridized carbons (Fsp3) is 0.235. The van der Waals surface area contributed by atoms with E-state index in [1.807, 2.05) is 48.7 Å². The third-order valence-electron chi connectivity index (χ3n) is 3.94. The summed E-state index contributed by atoms with van der Waals surface area (Å²) in [6.07, 6.45) is 0. The first-order valence-corrected chi connectivity index (χ1v) is 9.41. The van der Waals surface area contributed by atoms with Crippen LogP contribution in [0, 0.1) is 4.77 Å². The predicted molar refractivity (Wildman–Crippen MR) is 103 cm³/mol. The van der Waals surface area contributed by atoms with Crippen LogP contribution in [-0.2, 0) is 4.79 Å². The van der Waals surface area contributed by atoms with Crippen LogP contribution in [0.3, 0.4) is 0 Å². The topological polar surface area (TPSA) is 62.7 Å². The SMILES string of the molecule is C[C@H](C(=O)N[C@H](C)c1ccccc1Cl)n1c(-c2cccs2)n[nH]c1=S. The first-order valence-electron chi connectivity index (χ1n) is 7.74. The summed E-state index contributed by atoms with van der Waals surface area (Å²) in [4.78, 5) is 13.7. The van der Waals surface area contributed by atoms with Gasteiger partial charge in [-0.1, -0.05) is 35.9 Å². The van der Waals surface area contributed by atoms with Gasteiger partial charge in [0.05, 0.1) is 10.9 Å². The van der Waals surface area contributed by atoms with Crippen molar-refractivity contribution >= 4 is 41.1 Å². The average molecular weight is 393 g/mol. The van der Waals surface area contributed by atoms with Crippen LogP contribution >= 0.6 is 35.2 Å². The Balaban J connectivity index is 1.83. The molecule has 2 atom stereocenters. The quantitative estimate of drug-likeness (QED) is 0.615. The second kappa shape index (κ2) is 7.51. The molecular formula is C17H17ClN4OS2. The van der Waals surface area contributed by atoms with Gasteiger partial charge in [0.2, 0.25) is 5.91 Å². The Labute approximate surface area is 159 Å². The highest BCUT2D eigenvalue weighted by molar-refractivity contribution is 7.71. The molecule has 2 aromatic heterocycles. The smallest absolute Gasteiger partial charge is 0.243 e. The van der Waals surface area contributed by atoms with E-state index in [4.69, 9.17) is 23.8 Å². The monoisotopic (exact) mass is 392 g/mol. The molecule has 0 saturated heterocycles. The first kappa shape index (κ1) is 17.8. The Bertz CT molecular complexity index is 932. The van der Waals surface area contributed by atoms with Crippen molar-refractivity contribution in [3.05, 3.63) is 57.1 Å². The maximum absolute atomic E-state index is 12.8. The summed E-state index contributed by atoms with van der Waals surface area (Å²) in [6.45, 7) is 3.71. The molecule has 3 rings (SSSR count). The van der Waals surface area contributed by atoms with Gasteiger partial charge in [-0.25, -0.2) is 0 Å². The summed E-state index contributed by atoms with van der Waals surface area (Å²) in [7, 11) is 0. The number of benzene rings is 1. The number of amides is 1. The molecule has 5 nitrogen and oxygen atoms in total. The van der Waals surface area contributed by atoms with Gasteiger partial charge in [-0.2, -0.15) is 5.10 Å². The lowest BCUT2D eigenvalue weighted by Crippen LogP contribution is -2.33. The summed E-state index contributed by atoms with van der Waals surface area (Å²) < 4.78 is 2.15. The van der Waals surface area contributed by atoms with E-state index in [-0.39, 0.29) is 11.9 Å². The molecule has 0 aliphatic rings. The number of nitrogens with one attached hydrogen (secondary N) is 2. The summed E-state index contributed by atoms with van der Waals surface area (Å²) in [5.74, 6) is 0.510. The van der Waals surface area contributed by atoms with Crippen molar-refractivity contribution in [3.8, 4) is 10.7 Å². The zero-order valence-electron chi connectivity index (χ0n) is 13.7. The molecule has 8 heteroatoms. The van der Waals surface area contributed by atoms with Crippen LogP contribution < -0.4 is 5.32 Å². The average Bonchev–Trinajstić information content (AvgIpc) is 3.23. The van der Waals surface area contributed by atoms with Gasteiger partial charge in [-0.3, -0.25) is 14.5 Å². The summed E-state index contributed by atoms with van der Waals surface area (Å²) in [6, 6.07) is 10.6. The van der Waals surface area contributed by atoms with E-state index in [1.165, 1.54) is 0 Å². The van der Waals surface area contributed by atoms with E-state index in [0.29, 0.717) is 15.6 Å². The van der Waals surface area contributed by atoms with Crippen LogP contribution in [0.25, 0.3) is 10.7 Å². The van der Waals surface area contributed by atoms with E-state index in [1.54, 1.807) is 22.8 Å². The molecule has 0 fully saturated rings. The van der Waals surface area contributed by atoms with Crippen molar-refractivity contribution in [1.29, 1.82) is 0 Å². The van der Waals surface area contributed by atoms with E-state index in [0.717, 1.165) is 10.4 Å². The molecule has 0 aliphatic heterocycles. The van der Waals surface area contributed by atoms with E-state index >= 15 is 0 Å². The molecule has 0 spiro atoms. The Morgan fingerprint density at radius 2 is 2.08 bits per heavy atom. The predicted octanol–water partition coefficient (Wildman–Crippen LogP) is 4.76. The first-order chi connectivity index (χ1) is 12.0. The van der Waals surface area contributed by atoms with Gasteiger partial charge >= 0.3 is 0 Å². The number of carbonyl (C=O) groups excluding carboxylic acids is 1. The zero-order chi connectivity index (χ0) is 18.0. The minimum absolute atomic E-state index is 0.150. The highest BCUT2D eigenvalue weighted by Gasteiger charge is 2.23. The Morgan fingerprint density at radius 1 is 1.32 bits per heavy atom. The molecule has 3 aromatic rings. The van der Waals surface area contributed by atoms with Gasteiger partial charge in [-0.05, 0) is 49.1 Å². The minimum atomic E-state index is -0.506. The molecular weight excluding hydrogens is 376 g/mol. The molecule has 0 saturated carbocycles. The van der Waals surface area contributed by atoms with Crippen molar-refractivity contribution in [2.24, 2.45) is 0 Å². The van der Waals surface area contributed by atoms with Crippen molar-refractivity contribution in [2.45, 2.75) is 25.9 Å². The van der Waals surface area contributed by atoms with Crippen molar-refractivity contribution in [3.63, 3.8) is 0 Å². The number of hydrogen-bond donors (Lipinski definition) is 2. The maximum Gasteiger partial charge on any atom is 0.243 e. The van der Waals surface area contributed by atoms with Crippen LogP contribution in [0.4, 0.5) is 0 Å². The Morgan fingerprint density at radius 3 is 2.76 bits per heavy atom. The fourth-order valence-electron chi connectivity index (χ4n) is 2.60. The third kappa shape index (κ3) is 3.68. The number of aromatic amines is 1. The number of aromatic nitrogens is 3. The van der Waals surface area contributed by atoms with Crippen LogP contribution in [0.15, 0.2) is 41.8 Å². The fourth-order valence-corrected chi connectivity index (χ4v) is 3.90. The largest absolute Gasteiger partial charge is 0.348 e. The van der Waals surface area contributed by atoms with Crippen LogP contribution in [0.1, 0.15) is 31.5 Å². The lowest BCUT2D eigenvalue weighted by molar-refractivity contribution is -0.124. The lowest BCUT2D eigenvalue weighted by atomic mass is 10.1. The number of thiophene rings is 1. The van der Waals surface area contributed by atoms with Gasteiger partial charge in [0.1, 0.15) is 6.04 Å². The third-order valence-corrected chi connectivity index (χ3v) is 5.44. The zero-order valence-corrected chi connectivity index (χ0v) is 16.1. The normalized spacial score (nSPS) is 13.4. The van der Waals surface area contributed by atoms with Crippen LogP contribution in [0.2, 0.25) is 5.02 Å². The summed E-state index contributed by atoms with van der Waals surface area (Å²) in [5, 5.41) is 12.6. The summed E-state index contributed by atoms with van der Waals surface area (Å²) in [5.41, 5.74) is 0.874. The van der Waals surface area contributed by atoms with Gasteiger partial charge in [-0.15, -0.1) is 11.3 Å². The number of rotatable bonds is 5. The number of carbonyl (C=O) groups is 1. The molecule has 0 radical (unpaired) electrons. The number of hydrogen-bond acceptors (Lipinski definition) is 4. The molecule has 2 N–H and O–H groups in total. The molecule has 0 unspecified atom stereocenters. The molecule has 0 aliphatic carbocycles. The van der Waals surface area contributed by atoms with Crippen molar-refractivity contribution < 1.29 is 4.79 Å². The molecule has 0 bridgehead atoms. The molecule has 1 amide bonds. The molecule has 1 aromatic carbocycles. The maximum atomic E-state index is 12.8. The number of H-pyrrole nitrogens is 1. The second-order valence-electron chi connectivity index (χ2n) is 5.63. The molecule has 2 heterocycles. The van der Waals surface area contributed by atoms with Crippen molar-refractivity contribution in [1.82, 2.24) is 20.1 Å². The van der Waals surface area contributed by atoms with Gasteiger partial charge < -0.3 is 5.32 Å². The van der Waals surface area contributed by atoms with Gasteiger partial charge in [0, 0.05) is 5.02 Å². The highest BCUT2D eigenvalue weighted by atomic mass is 35.5. The van der Waals surface area contributed by atoms with Gasteiger partial charge in [0.15, 0.2) is 10.6 Å². The number of nitrogens with zero attached hydrogens (tertiary/aromatic N) is 2. The Kier molecular flexibility index (Phi) is 5.36. The van der Waals surface area contributed by atoms with Crippen LogP contribution in [-0.4, -0.2) is 20.7 Å². The van der Waals surface area contributed by atoms with E-state index < -0.39 is 6.04 Å². The standard InChI is InChI=1S/C17H17ClN4OS2/c1-10(12-6-3-4-7-13(12)18)19-16(23)11(2)22-15(20-21-17(22)24)14-8-5-9-25-14/h3-11H,1-2H3,(H,19,23)(H,21,24)/t10-,11-/m1/s1. The Hall–Kier alpha value is -1.96. The highest BCUT2D eigenvalue weighted by Crippen LogP contribution is 2.27. The van der Waals surface area contributed by atoms with Gasteiger partial charge in [0.25, 0.3) is 0 Å². The molecule has 25 heavy (non-hydrogen) atoms.